The number of carbonyl (C=O) groups is 1. The maximum absolute atomic E-state index is 12.4. The van der Waals surface area contributed by atoms with Crippen LogP contribution in [0.3, 0.4) is 0 Å². The van der Waals surface area contributed by atoms with Crippen LogP contribution in [0, 0.1) is 10.4 Å². The third-order valence-corrected chi connectivity index (χ3v) is 4.41. The van der Waals surface area contributed by atoms with E-state index in [0.29, 0.717) is 19.6 Å². The Hall–Kier alpha value is -1.90. The van der Waals surface area contributed by atoms with Crippen molar-refractivity contribution in [2.75, 3.05) is 24.5 Å². The van der Waals surface area contributed by atoms with E-state index >= 15 is 0 Å². The van der Waals surface area contributed by atoms with E-state index in [1.807, 2.05) is 25.7 Å². The van der Waals surface area contributed by atoms with Gasteiger partial charge in [0.05, 0.1) is 17.4 Å². The molecule has 2 fully saturated rings. The number of hydrogen-bond donors (Lipinski definition) is 1. The molecule has 1 saturated heterocycles. The first-order chi connectivity index (χ1) is 11.2. The van der Waals surface area contributed by atoms with Crippen LogP contribution in [-0.4, -0.2) is 46.8 Å². The summed E-state index contributed by atoms with van der Waals surface area (Å²) in [5, 5.41) is 20.3. The minimum atomic E-state index is -1.28. The van der Waals surface area contributed by atoms with E-state index in [2.05, 4.69) is 9.88 Å². The van der Waals surface area contributed by atoms with E-state index < -0.39 is 10.8 Å². The summed E-state index contributed by atoms with van der Waals surface area (Å²) in [5.41, 5.74) is 0.179. The summed E-state index contributed by atoms with van der Waals surface area (Å²) in [7, 11) is 0. The van der Waals surface area contributed by atoms with E-state index in [9.17, 15) is 15.2 Å². The molecule has 24 heavy (non-hydrogen) atoms. The zero-order valence-corrected chi connectivity index (χ0v) is 14.2. The highest BCUT2D eigenvalue weighted by molar-refractivity contribution is 5.71. The number of ether oxygens (including phenoxy) is 1. The lowest BCUT2D eigenvalue weighted by Gasteiger charge is -2.43. The summed E-state index contributed by atoms with van der Waals surface area (Å²) in [4.78, 5) is 20.3. The topological polar surface area (TPSA) is 96.2 Å². The molecule has 8 heteroatoms. The van der Waals surface area contributed by atoms with Crippen molar-refractivity contribution in [3.05, 3.63) is 28.7 Å². The summed E-state index contributed by atoms with van der Waals surface area (Å²) in [6, 6.07) is 3.18. The maximum Gasteiger partial charge on any atom is 0.410 e. The molecule has 1 aromatic heterocycles. The second-order valence-corrected chi connectivity index (χ2v) is 7.47. The molecule has 1 amide bonds. The summed E-state index contributed by atoms with van der Waals surface area (Å²) in [6.07, 6.45) is 3.19. The summed E-state index contributed by atoms with van der Waals surface area (Å²) in [5.74, 6) is -0.0766. The van der Waals surface area contributed by atoms with Gasteiger partial charge in [0.2, 0.25) is 5.82 Å². The van der Waals surface area contributed by atoms with E-state index in [1.165, 1.54) is 6.07 Å². The average molecular weight is 335 g/mol. The van der Waals surface area contributed by atoms with Gasteiger partial charge in [-0.25, -0.2) is 9.78 Å². The van der Waals surface area contributed by atoms with Crippen molar-refractivity contribution in [1.82, 2.24) is 9.88 Å². The molecule has 1 aliphatic carbocycles. The van der Waals surface area contributed by atoms with E-state index in [-0.39, 0.29) is 17.5 Å². The van der Waals surface area contributed by atoms with Crippen molar-refractivity contribution >= 4 is 17.6 Å². The first-order valence-electron chi connectivity index (χ1n) is 8.13. The highest BCUT2D eigenvalue weighted by Gasteiger charge is 2.54. The van der Waals surface area contributed by atoms with Gasteiger partial charge in [-0.1, -0.05) is 0 Å². The number of nitrogens with zero attached hydrogens (tertiary/aromatic N) is 3. The molecule has 3 rings (SSSR count). The Balaban J connectivity index is 1.69. The van der Waals surface area contributed by atoms with Crippen molar-refractivity contribution in [2.24, 2.45) is 0 Å². The van der Waals surface area contributed by atoms with Gasteiger partial charge in [-0.3, -0.25) is 4.90 Å². The number of hydrogen-bond acceptors (Lipinski definition) is 6. The van der Waals surface area contributed by atoms with Crippen LogP contribution in [0.1, 0.15) is 33.6 Å². The molecule has 0 bridgehead atoms. The third kappa shape index (κ3) is 3.45. The van der Waals surface area contributed by atoms with E-state index in [1.54, 1.807) is 12.3 Å². The second kappa shape index (κ2) is 5.87. The van der Waals surface area contributed by atoms with Crippen LogP contribution in [-0.2, 0) is 4.74 Å². The molecule has 1 aromatic rings. The molecule has 1 aliphatic heterocycles. The number of pyridine rings is 1. The second-order valence-electron chi connectivity index (χ2n) is 7.47. The maximum atomic E-state index is 12.4. The molecule has 1 spiro atoms. The molecule has 2 heterocycles. The van der Waals surface area contributed by atoms with Gasteiger partial charge in [0.15, 0.2) is 0 Å². The Morgan fingerprint density at radius 2 is 2.00 bits per heavy atom. The van der Waals surface area contributed by atoms with Crippen LogP contribution in [0.15, 0.2) is 18.3 Å². The lowest BCUT2D eigenvalue weighted by Crippen LogP contribution is -2.96. The summed E-state index contributed by atoms with van der Waals surface area (Å²) in [6.45, 7) is 7.55. The van der Waals surface area contributed by atoms with Gasteiger partial charge in [-0.2, -0.15) is 0 Å². The Kier molecular flexibility index (Phi) is 4.15. The monoisotopic (exact) mass is 335 g/mol. The van der Waals surface area contributed by atoms with Gasteiger partial charge in [0.1, 0.15) is 5.60 Å². The number of nitrogens with one attached hydrogen (secondary N) is 1. The van der Waals surface area contributed by atoms with Gasteiger partial charge in [0.25, 0.3) is 0 Å². The highest BCUT2D eigenvalue weighted by atomic mass is 16.8. The van der Waals surface area contributed by atoms with Crippen LogP contribution in [0.2, 0.25) is 0 Å². The van der Waals surface area contributed by atoms with E-state index in [4.69, 9.17) is 4.74 Å². The van der Waals surface area contributed by atoms with Crippen LogP contribution in [0.5, 0.6) is 0 Å². The molecule has 0 radical (unpaired) electrons. The van der Waals surface area contributed by atoms with Crippen molar-refractivity contribution in [3.8, 4) is 0 Å². The SMILES string of the molecule is CC(C)(C)OC(=O)N1CCN(c2ccc([NH+]([O-])[O-])nc2)CC12CC2. The molecular weight excluding hydrogens is 312 g/mol. The van der Waals surface area contributed by atoms with Gasteiger partial charge in [-0.05, 0) is 39.7 Å². The fourth-order valence-corrected chi connectivity index (χ4v) is 3.07. The predicted octanol–water partition coefficient (Wildman–Crippen LogP) is 1.18. The number of rotatable bonds is 2. The standard InChI is InChI=1S/C16H23N4O4/c1-15(2,3)24-14(21)19-9-8-18(11-16(19)6-7-16)12-4-5-13(17-10-12)20(22)23/h4-5,10,20H,6-9,11H2,1-3H3/q-1. The van der Waals surface area contributed by atoms with Crippen LogP contribution in [0.4, 0.5) is 16.3 Å². The Morgan fingerprint density at radius 1 is 1.29 bits per heavy atom. The lowest BCUT2D eigenvalue weighted by atomic mass is 10.1. The first-order valence-corrected chi connectivity index (χ1v) is 8.13. The minimum Gasteiger partial charge on any atom is -0.626 e. The number of piperazine rings is 1. The number of quaternary nitrogens is 1. The fraction of sp³-hybridized carbons (Fsp3) is 0.625. The molecule has 1 saturated carbocycles. The van der Waals surface area contributed by atoms with Crippen LogP contribution in [0.25, 0.3) is 0 Å². The molecule has 132 valence electrons. The van der Waals surface area contributed by atoms with Crippen molar-refractivity contribution in [1.29, 1.82) is 0 Å². The molecule has 8 nitrogen and oxygen atoms in total. The molecule has 1 N–H and O–H groups in total. The molecule has 2 aliphatic rings. The quantitative estimate of drug-likeness (QED) is 0.815. The van der Waals surface area contributed by atoms with Crippen molar-refractivity contribution < 1.29 is 14.8 Å². The number of carbonyl (C=O) groups excluding carboxylic acids is 1. The number of aromatic nitrogens is 1. The van der Waals surface area contributed by atoms with Crippen molar-refractivity contribution in [3.63, 3.8) is 0 Å². The summed E-state index contributed by atoms with van der Waals surface area (Å²) >= 11 is 0. The lowest BCUT2D eigenvalue weighted by molar-refractivity contribution is -0.718. The average Bonchev–Trinajstić information content (AvgIpc) is 3.25. The number of anilines is 1. The van der Waals surface area contributed by atoms with Gasteiger partial charge < -0.3 is 25.3 Å². The Labute approximate surface area is 141 Å². The van der Waals surface area contributed by atoms with E-state index in [0.717, 1.165) is 18.5 Å². The largest absolute Gasteiger partial charge is 0.626 e. The zero-order chi connectivity index (χ0) is 17.5. The smallest absolute Gasteiger partial charge is 0.410 e. The summed E-state index contributed by atoms with van der Waals surface area (Å²) < 4.78 is 5.52. The fourth-order valence-electron chi connectivity index (χ4n) is 3.07. The normalized spacial score (nSPS) is 19.8. The predicted molar refractivity (Wildman–Crippen MR) is 88.7 cm³/mol. The van der Waals surface area contributed by atoms with Crippen LogP contribution >= 0.6 is 0 Å². The number of amides is 1. The van der Waals surface area contributed by atoms with Gasteiger partial charge >= 0.3 is 6.09 Å². The third-order valence-electron chi connectivity index (χ3n) is 4.41. The molecule has 0 atom stereocenters. The zero-order valence-electron chi connectivity index (χ0n) is 14.2. The molecule has 0 aromatic carbocycles. The van der Waals surface area contributed by atoms with Crippen molar-refractivity contribution in [2.45, 2.75) is 44.8 Å². The van der Waals surface area contributed by atoms with Gasteiger partial charge in [0, 0.05) is 25.7 Å². The Bertz CT molecular complexity index is 607. The van der Waals surface area contributed by atoms with Gasteiger partial charge in [-0.15, -0.1) is 0 Å². The van der Waals surface area contributed by atoms with Crippen LogP contribution < -0.4 is 10.1 Å². The Morgan fingerprint density at radius 3 is 2.50 bits per heavy atom. The minimum absolute atomic E-state index is 0.0766. The molecule has 0 unspecified atom stereocenters. The molecular formula is C16H23N4O4-. The first kappa shape index (κ1) is 16.9. The highest BCUT2D eigenvalue weighted by Crippen LogP contribution is 2.45.